The fourth-order valence-electron chi connectivity index (χ4n) is 3.81. The van der Waals surface area contributed by atoms with E-state index in [1.807, 2.05) is 7.05 Å². The molecule has 2 unspecified atom stereocenters. The Labute approximate surface area is 175 Å². The Morgan fingerprint density at radius 1 is 1.31 bits per heavy atom. The maximum atomic E-state index is 5.67. The summed E-state index contributed by atoms with van der Waals surface area (Å²) in [5.74, 6) is 0.881. The van der Waals surface area contributed by atoms with Crippen LogP contribution in [-0.4, -0.2) is 56.3 Å². The van der Waals surface area contributed by atoms with Crippen molar-refractivity contribution in [3.63, 3.8) is 0 Å². The summed E-state index contributed by atoms with van der Waals surface area (Å²) in [7, 11) is 1.84. The Kier molecular flexibility index (Phi) is 9.15. The Hall–Kier alpha value is -0.860. The maximum Gasteiger partial charge on any atom is 0.191 e. The number of ether oxygens (including phenoxy) is 1. The number of nitrogens with zero attached hydrogens (tertiary/aromatic N) is 2. The molecule has 0 saturated carbocycles. The molecule has 0 aromatic heterocycles. The molecule has 1 fully saturated rings. The van der Waals surface area contributed by atoms with Gasteiger partial charge in [0.25, 0.3) is 0 Å². The molecular weight excluding hydrogens is 439 g/mol. The van der Waals surface area contributed by atoms with E-state index in [1.165, 1.54) is 17.5 Å². The summed E-state index contributed by atoms with van der Waals surface area (Å²) >= 11 is 0. The predicted octanol–water partition coefficient (Wildman–Crippen LogP) is 2.79. The normalized spacial score (nSPS) is 21.6. The molecule has 146 valence electrons. The lowest BCUT2D eigenvalue weighted by molar-refractivity contribution is 0.113. The zero-order valence-electron chi connectivity index (χ0n) is 16.0. The minimum Gasteiger partial charge on any atom is -0.376 e. The molecule has 2 atom stereocenters. The van der Waals surface area contributed by atoms with Crippen molar-refractivity contribution in [3.05, 3.63) is 35.4 Å². The zero-order chi connectivity index (χ0) is 17.5. The molecule has 2 aliphatic heterocycles. The lowest BCUT2D eigenvalue weighted by atomic mass is 9.98. The minimum atomic E-state index is 0. The molecule has 2 heterocycles. The highest BCUT2D eigenvalue weighted by atomic mass is 127. The second-order valence-corrected chi connectivity index (χ2v) is 7.02. The highest BCUT2D eigenvalue weighted by molar-refractivity contribution is 14.0. The molecule has 3 rings (SSSR count). The largest absolute Gasteiger partial charge is 0.376 e. The molecule has 2 aliphatic rings. The topological polar surface area (TPSA) is 48.9 Å². The SMILES string of the molecule is CCC(CNC(=NC)NCC1CCCO1)N1CCc2ccccc2C1.I. The van der Waals surface area contributed by atoms with Crippen molar-refractivity contribution in [1.29, 1.82) is 0 Å². The van der Waals surface area contributed by atoms with Gasteiger partial charge in [-0.25, -0.2) is 0 Å². The average molecular weight is 472 g/mol. The van der Waals surface area contributed by atoms with E-state index in [0.29, 0.717) is 12.1 Å². The predicted molar refractivity (Wildman–Crippen MR) is 118 cm³/mol. The minimum absolute atomic E-state index is 0. The van der Waals surface area contributed by atoms with Gasteiger partial charge in [0, 0.05) is 45.9 Å². The van der Waals surface area contributed by atoms with E-state index in [1.54, 1.807) is 0 Å². The number of hydrogen-bond acceptors (Lipinski definition) is 3. The van der Waals surface area contributed by atoms with Crippen LogP contribution in [0.15, 0.2) is 29.3 Å². The van der Waals surface area contributed by atoms with Crippen LogP contribution in [0, 0.1) is 0 Å². The van der Waals surface area contributed by atoms with Crippen LogP contribution in [0.3, 0.4) is 0 Å². The van der Waals surface area contributed by atoms with Gasteiger partial charge in [-0.1, -0.05) is 31.2 Å². The van der Waals surface area contributed by atoms with Crippen molar-refractivity contribution in [3.8, 4) is 0 Å². The van der Waals surface area contributed by atoms with Crippen LogP contribution in [-0.2, 0) is 17.7 Å². The molecule has 0 spiro atoms. The van der Waals surface area contributed by atoms with Gasteiger partial charge in [-0.3, -0.25) is 9.89 Å². The van der Waals surface area contributed by atoms with E-state index in [9.17, 15) is 0 Å². The van der Waals surface area contributed by atoms with Gasteiger partial charge in [0.1, 0.15) is 0 Å². The summed E-state index contributed by atoms with van der Waals surface area (Å²) < 4.78 is 5.67. The quantitative estimate of drug-likeness (QED) is 0.380. The van der Waals surface area contributed by atoms with E-state index < -0.39 is 0 Å². The van der Waals surface area contributed by atoms with Gasteiger partial charge in [0.15, 0.2) is 5.96 Å². The van der Waals surface area contributed by atoms with Crippen LogP contribution >= 0.6 is 24.0 Å². The summed E-state index contributed by atoms with van der Waals surface area (Å²) in [6.07, 6.45) is 4.94. The van der Waals surface area contributed by atoms with E-state index in [-0.39, 0.29) is 24.0 Å². The van der Waals surface area contributed by atoms with Gasteiger partial charge in [-0.05, 0) is 36.8 Å². The molecule has 0 amide bonds. The van der Waals surface area contributed by atoms with Gasteiger partial charge in [-0.15, -0.1) is 24.0 Å². The highest BCUT2D eigenvalue weighted by Crippen LogP contribution is 2.21. The van der Waals surface area contributed by atoms with Crippen LogP contribution in [0.2, 0.25) is 0 Å². The van der Waals surface area contributed by atoms with E-state index in [0.717, 1.165) is 58.0 Å². The van der Waals surface area contributed by atoms with Crippen LogP contribution in [0.4, 0.5) is 0 Å². The number of hydrogen-bond donors (Lipinski definition) is 2. The molecule has 0 bridgehead atoms. The number of aliphatic imine (C=N–C) groups is 1. The van der Waals surface area contributed by atoms with Crippen molar-refractivity contribution in [2.75, 3.05) is 33.3 Å². The standard InChI is InChI=1S/C20H32N4O.HI/c1-3-18(24-11-10-16-7-4-5-8-17(16)15-24)13-22-20(21-2)23-14-19-9-6-12-25-19;/h4-5,7-8,18-19H,3,6,9-15H2,1-2H3,(H2,21,22,23);1H. The van der Waals surface area contributed by atoms with Gasteiger partial charge >= 0.3 is 0 Å². The number of benzene rings is 1. The molecule has 6 heteroatoms. The summed E-state index contributed by atoms with van der Waals surface area (Å²) in [6, 6.07) is 9.36. The lowest BCUT2D eigenvalue weighted by Gasteiger charge is -2.35. The monoisotopic (exact) mass is 472 g/mol. The number of halogens is 1. The summed E-state index contributed by atoms with van der Waals surface area (Å²) in [4.78, 5) is 6.96. The summed E-state index contributed by atoms with van der Waals surface area (Å²) in [6.45, 7) is 7.12. The van der Waals surface area contributed by atoms with Crippen molar-refractivity contribution >= 4 is 29.9 Å². The van der Waals surface area contributed by atoms with Crippen molar-refractivity contribution in [2.45, 2.75) is 51.3 Å². The van der Waals surface area contributed by atoms with Crippen molar-refractivity contribution in [2.24, 2.45) is 4.99 Å². The van der Waals surface area contributed by atoms with Crippen LogP contribution in [0.25, 0.3) is 0 Å². The number of guanidine groups is 1. The third kappa shape index (κ3) is 5.82. The molecule has 0 aliphatic carbocycles. The first-order valence-corrected chi connectivity index (χ1v) is 9.67. The number of nitrogens with one attached hydrogen (secondary N) is 2. The number of rotatable bonds is 6. The van der Waals surface area contributed by atoms with E-state index in [4.69, 9.17) is 4.74 Å². The first kappa shape index (κ1) is 21.4. The highest BCUT2D eigenvalue weighted by Gasteiger charge is 2.22. The van der Waals surface area contributed by atoms with Crippen molar-refractivity contribution in [1.82, 2.24) is 15.5 Å². The van der Waals surface area contributed by atoms with Gasteiger partial charge < -0.3 is 15.4 Å². The second-order valence-electron chi connectivity index (χ2n) is 7.02. The Morgan fingerprint density at radius 2 is 2.12 bits per heavy atom. The molecular formula is C20H33IN4O. The lowest BCUT2D eigenvalue weighted by Crippen LogP contribution is -2.49. The Bertz CT molecular complexity index is 575. The zero-order valence-corrected chi connectivity index (χ0v) is 18.4. The fourth-order valence-corrected chi connectivity index (χ4v) is 3.81. The van der Waals surface area contributed by atoms with Crippen LogP contribution < -0.4 is 10.6 Å². The van der Waals surface area contributed by atoms with Crippen LogP contribution in [0.5, 0.6) is 0 Å². The van der Waals surface area contributed by atoms with Gasteiger partial charge in [-0.2, -0.15) is 0 Å². The maximum absolute atomic E-state index is 5.67. The first-order valence-electron chi connectivity index (χ1n) is 9.67. The average Bonchev–Trinajstić information content (AvgIpc) is 3.18. The molecule has 26 heavy (non-hydrogen) atoms. The Balaban J connectivity index is 0.00000243. The van der Waals surface area contributed by atoms with Gasteiger partial charge in [0.2, 0.25) is 0 Å². The third-order valence-electron chi connectivity index (χ3n) is 5.40. The summed E-state index contributed by atoms with van der Waals surface area (Å²) in [5.41, 5.74) is 2.99. The van der Waals surface area contributed by atoms with E-state index >= 15 is 0 Å². The van der Waals surface area contributed by atoms with Crippen molar-refractivity contribution < 1.29 is 4.74 Å². The fraction of sp³-hybridized carbons (Fsp3) is 0.650. The number of fused-ring (bicyclic) bond motifs is 1. The van der Waals surface area contributed by atoms with Crippen LogP contribution in [0.1, 0.15) is 37.3 Å². The van der Waals surface area contributed by atoms with Gasteiger partial charge in [0.05, 0.1) is 6.10 Å². The summed E-state index contributed by atoms with van der Waals surface area (Å²) in [5, 5.41) is 6.91. The molecule has 1 saturated heterocycles. The molecule has 5 nitrogen and oxygen atoms in total. The molecule has 1 aromatic rings. The molecule has 0 radical (unpaired) electrons. The van der Waals surface area contributed by atoms with E-state index in [2.05, 4.69) is 51.7 Å². The third-order valence-corrected chi connectivity index (χ3v) is 5.40. The Morgan fingerprint density at radius 3 is 2.81 bits per heavy atom. The molecule has 2 N–H and O–H groups in total. The smallest absolute Gasteiger partial charge is 0.191 e. The first-order chi connectivity index (χ1) is 12.3. The second kappa shape index (κ2) is 11.1. The molecule has 1 aromatic carbocycles.